The minimum absolute atomic E-state index is 0.0570. The number of allylic oxidation sites excluding steroid dienone is 1. The number of fused-ring (bicyclic) bond motifs is 7. The van der Waals surface area contributed by atoms with Gasteiger partial charge in [0.1, 0.15) is 91.6 Å². The topological polar surface area (TPSA) is 335 Å². The predicted octanol–water partition coefficient (Wildman–Crippen LogP) is -2.43. The Morgan fingerprint density at radius 2 is 1.29 bits per heavy atom. The predicted molar refractivity (Wildman–Crippen MR) is 242 cm³/mol. The van der Waals surface area contributed by atoms with Crippen molar-refractivity contribution in [1.82, 2.24) is 0 Å². The summed E-state index contributed by atoms with van der Waals surface area (Å²) in [6.45, 7) is 8.93. The Kier molecular flexibility index (Phi) is 15.6. The molecular formula is C50H78O22. The van der Waals surface area contributed by atoms with Gasteiger partial charge in [0, 0.05) is 12.3 Å². The molecule has 4 aliphatic carbocycles. The molecule has 410 valence electrons. The Morgan fingerprint density at radius 3 is 2.00 bits per heavy atom. The van der Waals surface area contributed by atoms with Crippen LogP contribution in [0.15, 0.2) is 23.8 Å². The maximum absolute atomic E-state index is 11.8. The van der Waals surface area contributed by atoms with E-state index in [-0.39, 0.29) is 16.9 Å². The van der Waals surface area contributed by atoms with Gasteiger partial charge in [0.2, 0.25) is 0 Å². The Labute approximate surface area is 418 Å². The fourth-order valence-electron chi connectivity index (χ4n) is 15.1. The van der Waals surface area contributed by atoms with Gasteiger partial charge in [-0.3, -0.25) is 0 Å². The Bertz CT molecular complexity index is 1930. The molecule has 0 bridgehead atoms. The molecule has 6 aliphatic heterocycles. The zero-order chi connectivity index (χ0) is 51.3. The number of rotatable bonds is 11. The lowest BCUT2D eigenvalue weighted by Crippen LogP contribution is -2.68. The summed E-state index contributed by atoms with van der Waals surface area (Å²) in [6.07, 6.45) is -22.8. The van der Waals surface area contributed by atoms with Crippen molar-refractivity contribution in [1.29, 1.82) is 0 Å². The lowest BCUT2D eigenvalue weighted by atomic mass is 9.47. The Morgan fingerprint density at radius 1 is 0.653 bits per heavy atom. The van der Waals surface area contributed by atoms with Gasteiger partial charge >= 0.3 is 0 Å². The first-order valence-corrected chi connectivity index (χ1v) is 26.1. The van der Waals surface area contributed by atoms with Crippen LogP contribution in [-0.2, 0) is 47.4 Å². The smallest absolute Gasteiger partial charge is 0.187 e. The van der Waals surface area contributed by atoms with E-state index in [0.717, 1.165) is 50.5 Å². The molecular weight excluding hydrogens is 953 g/mol. The highest BCUT2D eigenvalue weighted by atomic mass is 16.8. The largest absolute Gasteiger partial charge is 0.394 e. The first-order chi connectivity index (χ1) is 34.3. The number of ether oxygens (including phenoxy) is 10. The summed E-state index contributed by atoms with van der Waals surface area (Å²) in [7, 11) is 0. The molecule has 29 atom stereocenters. The summed E-state index contributed by atoms with van der Waals surface area (Å²) in [6, 6.07) is 0. The summed E-state index contributed by atoms with van der Waals surface area (Å²) < 4.78 is 61.1. The first-order valence-electron chi connectivity index (χ1n) is 26.1. The van der Waals surface area contributed by atoms with E-state index in [1.165, 1.54) is 5.57 Å². The van der Waals surface area contributed by atoms with Crippen molar-refractivity contribution in [3.63, 3.8) is 0 Å². The SMILES string of the molecule is C=C1CC[C@@]2(OC1)O[C@H]1C[C@H]3[C@@H]4CC=C5C[C@@H](O[C@@H]6O[C@H](CO)[C@H](O[C@@H]7O[C@H](CO)[C@@H](O)[C@H](O[C@@H]8OC[C@@H](O)[C@H](O)[C@H]8O)[C@H]7O[C@@H]7O[C@H](CO)[C@@H](O)[C@H](O)[C@H]7O)[C@H](O)[C@H]6O)CC[C@]5(C)[C@H]4CC[C@]3(C)[C@H]1[C@@H]2C. The number of aliphatic hydroxyl groups is 12. The van der Waals surface area contributed by atoms with Crippen LogP contribution in [0.4, 0.5) is 0 Å². The summed E-state index contributed by atoms with van der Waals surface area (Å²) >= 11 is 0. The highest BCUT2D eigenvalue weighted by Crippen LogP contribution is 2.70. The zero-order valence-electron chi connectivity index (χ0n) is 41.1. The zero-order valence-corrected chi connectivity index (χ0v) is 41.1. The van der Waals surface area contributed by atoms with Crippen LogP contribution in [0.2, 0.25) is 0 Å². The fraction of sp³-hybridized carbons (Fsp3) is 0.920. The maximum atomic E-state index is 11.8. The van der Waals surface area contributed by atoms with E-state index in [1.807, 2.05) is 0 Å². The van der Waals surface area contributed by atoms with E-state index in [4.69, 9.17) is 47.4 Å². The molecule has 0 aromatic carbocycles. The summed E-state index contributed by atoms with van der Waals surface area (Å²) in [5.41, 5.74) is 2.52. The van der Waals surface area contributed by atoms with Crippen LogP contribution in [0.5, 0.6) is 0 Å². The summed E-state index contributed by atoms with van der Waals surface area (Å²) in [5.74, 6) is 1.74. The van der Waals surface area contributed by atoms with Gasteiger partial charge in [-0.1, -0.05) is 44.6 Å². The van der Waals surface area contributed by atoms with Gasteiger partial charge in [-0.15, -0.1) is 0 Å². The van der Waals surface area contributed by atoms with Gasteiger partial charge in [0.25, 0.3) is 0 Å². The third kappa shape index (κ3) is 9.10. The molecule has 10 rings (SSSR count). The molecule has 0 unspecified atom stereocenters. The second-order valence-corrected chi connectivity index (χ2v) is 23.0. The summed E-state index contributed by atoms with van der Waals surface area (Å²) in [4.78, 5) is 0. The van der Waals surface area contributed by atoms with Crippen LogP contribution in [0.1, 0.15) is 78.6 Å². The molecule has 12 N–H and O–H groups in total. The van der Waals surface area contributed by atoms with Gasteiger partial charge in [-0.25, -0.2) is 0 Å². The summed E-state index contributed by atoms with van der Waals surface area (Å²) in [5, 5.41) is 129. The van der Waals surface area contributed by atoms with Gasteiger partial charge in [-0.2, -0.15) is 0 Å². The third-order valence-corrected chi connectivity index (χ3v) is 19.2. The lowest BCUT2D eigenvalue weighted by molar-refractivity contribution is -0.403. The molecule has 22 heteroatoms. The molecule has 10 aliphatic rings. The van der Waals surface area contributed by atoms with Crippen molar-refractivity contribution < 1.29 is 109 Å². The van der Waals surface area contributed by atoms with E-state index < -0.39 is 155 Å². The van der Waals surface area contributed by atoms with E-state index >= 15 is 0 Å². The first kappa shape index (κ1) is 54.0. The van der Waals surface area contributed by atoms with Gasteiger partial charge in [0.05, 0.1) is 45.2 Å². The van der Waals surface area contributed by atoms with Crippen molar-refractivity contribution in [2.75, 3.05) is 33.0 Å². The van der Waals surface area contributed by atoms with Crippen LogP contribution in [0.3, 0.4) is 0 Å². The van der Waals surface area contributed by atoms with Crippen molar-refractivity contribution >= 4 is 0 Å². The van der Waals surface area contributed by atoms with E-state index in [1.54, 1.807) is 0 Å². The van der Waals surface area contributed by atoms with Crippen LogP contribution < -0.4 is 0 Å². The lowest BCUT2D eigenvalue weighted by Gasteiger charge is -2.58. The molecule has 9 fully saturated rings. The molecule has 0 aromatic heterocycles. The molecule has 1 spiro atoms. The van der Waals surface area contributed by atoms with Crippen molar-refractivity contribution in [2.24, 2.45) is 40.4 Å². The van der Waals surface area contributed by atoms with Crippen LogP contribution in [0.25, 0.3) is 0 Å². The fourth-order valence-corrected chi connectivity index (χ4v) is 15.1. The van der Waals surface area contributed by atoms with Crippen LogP contribution in [0, 0.1) is 40.4 Å². The normalized spacial score (nSPS) is 55.7. The molecule has 3 saturated carbocycles. The minimum atomic E-state index is -2.00. The van der Waals surface area contributed by atoms with E-state index in [0.29, 0.717) is 49.0 Å². The quantitative estimate of drug-likeness (QED) is 0.0958. The van der Waals surface area contributed by atoms with Crippen LogP contribution in [-0.4, -0.2) is 229 Å². The third-order valence-electron chi connectivity index (χ3n) is 19.2. The molecule has 72 heavy (non-hydrogen) atoms. The number of hydrogen-bond acceptors (Lipinski definition) is 22. The molecule has 0 amide bonds. The van der Waals surface area contributed by atoms with Crippen molar-refractivity contribution in [3.05, 3.63) is 23.8 Å². The molecule has 0 radical (unpaired) electrons. The molecule has 0 aromatic rings. The van der Waals surface area contributed by atoms with Gasteiger partial charge < -0.3 is 109 Å². The molecule has 6 saturated heterocycles. The second kappa shape index (κ2) is 20.8. The number of aliphatic hydroxyl groups excluding tert-OH is 12. The van der Waals surface area contributed by atoms with E-state index in [2.05, 4.69) is 33.4 Å². The average molecular weight is 1030 g/mol. The van der Waals surface area contributed by atoms with Gasteiger partial charge in [-0.05, 0) is 85.9 Å². The van der Waals surface area contributed by atoms with Crippen molar-refractivity contribution in [3.8, 4) is 0 Å². The van der Waals surface area contributed by atoms with Crippen LogP contribution >= 0.6 is 0 Å². The average Bonchev–Trinajstić information content (AvgIpc) is 3.82. The highest BCUT2D eigenvalue weighted by molar-refractivity contribution is 5.27. The number of hydrogen-bond donors (Lipinski definition) is 12. The van der Waals surface area contributed by atoms with Crippen molar-refractivity contribution in [2.45, 2.75) is 213 Å². The Balaban J connectivity index is 0.826. The Hall–Kier alpha value is -1.40. The molecule has 22 nitrogen and oxygen atoms in total. The van der Waals surface area contributed by atoms with Gasteiger partial charge in [0.15, 0.2) is 30.9 Å². The maximum Gasteiger partial charge on any atom is 0.187 e. The highest BCUT2D eigenvalue weighted by Gasteiger charge is 2.69. The second-order valence-electron chi connectivity index (χ2n) is 23.0. The van der Waals surface area contributed by atoms with E-state index in [9.17, 15) is 61.3 Å². The monoisotopic (exact) mass is 1030 g/mol. The minimum Gasteiger partial charge on any atom is -0.394 e. The standard InChI is InChI=1S/C50H78O22/c1-20-7-12-50(64-18-20)21(2)32-28(72-50)14-26-24-6-5-22-13-23(8-10-48(22,3)25(24)9-11-49(26,32)4)65-45-40(62)37(59)41(31(17-53)68-45)69-47-43(71-46-39(61)36(58)34(56)29(15-51)66-46)42(35(57)30(16-52)67-47)70-44-38(60)33(55)27(54)19-63-44/h5,21,23-47,51-62H,1,6-19H2,2-4H3/t21-,23-,24+,25-,26-,27+,28-,29+,30+,31+,32-,33-,34+,35+,36-,37+,38+,39+,40+,41-,42-,43+,44-,45+,46-,47-,48-,49-,50+/m0/s1. The molecule has 6 heterocycles.